The van der Waals surface area contributed by atoms with Gasteiger partial charge in [-0.25, -0.2) is 9.97 Å². The Morgan fingerprint density at radius 1 is 1.19 bits per heavy atom. The number of rotatable bonds is 7. The lowest BCUT2D eigenvalue weighted by Gasteiger charge is -2.41. The van der Waals surface area contributed by atoms with Crippen LogP contribution in [0.2, 0.25) is 0 Å². The number of aromatic nitrogens is 4. The van der Waals surface area contributed by atoms with Crippen molar-refractivity contribution in [2.75, 3.05) is 25.7 Å². The Bertz CT molecular complexity index is 1070. The van der Waals surface area contributed by atoms with E-state index in [9.17, 15) is 4.79 Å². The molecule has 4 rings (SSSR count). The minimum atomic E-state index is -0.271. The molecule has 0 radical (unpaired) electrons. The molecular weight excluding hydrogens is 396 g/mol. The van der Waals surface area contributed by atoms with Crippen molar-refractivity contribution >= 4 is 11.7 Å². The van der Waals surface area contributed by atoms with Gasteiger partial charge in [0.15, 0.2) is 11.5 Å². The third kappa shape index (κ3) is 4.16. The van der Waals surface area contributed by atoms with E-state index >= 15 is 0 Å². The predicted octanol–water partition coefficient (Wildman–Crippen LogP) is 2.44. The lowest BCUT2D eigenvalue weighted by molar-refractivity contribution is -0.124. The molecule has 3 aromatic rings. The van der Waals surface area contributed by atoms with Crippen LogP contribution in [0.1, 0.15) is 30.6 Å². The molecule has 9 heteroatoms. The first-order valence-electron chi connectivity index (χ1n) is 10.1. The predicted molar refractivity (Wildman–Crippen MR) is 116 cm³/mol. The Morgan fingerprint density at radius 3 is 2.65 bits per heavy atom. The normalized spacial score (nSPS) is 16.4. The molecule has 1 amide bonds. The number of amides is 1. The van der Waals surface area contributed by atoms with E-state index in [0.29, 0.717) is 17.4 Å². The zero-order valence-corrected chi connectivity index (χ0v) is 18.1. The van der Waals surface area contributed by atoms with Gasteiger partial charge in [-0.1, -0.05) is 6.07 Å². The van der Waals surface area contributed by atoms with Gasteiger partial charge in [0.2, 0.25) is 11.9 Å². The number of carbonyl (C=O) groups excluding carboxylic acids is 1. The van der Waals surface area contributed by atoms with Gasteiger partial charge in [0.05, 0.1) is 20.3 Å². The molecule has 1 N–H and O–H groups in total. The Kier molecular flexibility index (Phi) is 5.75. The largest absolute Gasteiger partial charge is 0.493 e. The molecule has 162 valence electrons. The second kappa shape index (κ2) is 8.63. The molecule has 0 spiro atoms. The van der Waals surface area contributed by atoms with Crippen molar-refractivity contribution in [2.45, 2.75) is 32.4 Å². The molecule has 1 saturated heterocycles. The van der Waals surface area contributed by atoms with Gasteiger partial charge in [-0.2, -0.15) is 4.98 Å². The summed E-state index contributed by atoms with van der Waals surface area (Å²) in [6.07, 6.45) is 5.90. The van der Waals surface area contributed by atoms with E-state index in [-0.39, 0.29) is 18.0 Å². The lowest BCUT2D eigenvalue weighted by atomic mass is 10.0. The van der Waals surface area contributed by atoms with Crippen LogP contribution >= 0.6 is 0 Å². The molecule has 2 unspecified atom stereocenters. The van der Waals surface area contributed by atoms with Crippen LogP contribution in [0.25, 0.3) is 5.95 Å². The number of methoxy groups -OCH3 is 2. The maximum Gasteiger partial charge on any atom is 0.243 e. The number of nitrogens with zero attached hydrogens (tertiary/aromatic N) is 5. The van der Waals surface area contributed by atoms with Gasteiger partial charge in [-0.05, 0) is 38.0 Å². The van der Waals surface area contributed by atoms with Crippen LogP contribution in [0.15, 0.2) is 43.0 Å². The summed E-state index contributed by atoms with van der Waals surface area (Å²) in [6, 6.07) is 7.10. The van der Waals surface area contributed by atoms with Crippen LogP contribution in [-0.2, 0) is 4.79 Å². The second-order valence-corrected chi connectivity index (χ2v) is 7.48. The molecule has 1 aliphatic heterocycles. The molecule has 0 aliphatic carbocycles. The number of ether oxygens (including phenoxy) is 2. The van der Waals surface area contributed by atoms with Crippen molar-refractivity contribution in [3.8, 4) is 17.4 Å². The third-order valence-electron chi connectivity index (χ3n) is 5.45. The lowest BCUT2D eigenvalue weighted by Crippen LogP contribution is -2.57. The van der Waals surface area contributed by atoms with E-state index in [1.807, 2.05) is 43.0 Å². The zero-order valence-electron chi connectivity index (χ0n) is 18.1. The number of hydrogen-bond donors (Lipinski definition) is 1. The first-order valence-corrected chi connectivity index (χ1v) is 10.1. The number of carbonyl (C=O) groups is 1. The number of benzene rings is 1. The molecular formula is C22H26N6O3. The minimum Gasteiger partial charge on any atom is -0.493 e. The number of hydrogen-bond acceptors (Lipinski definition) is 7. The topological polar surface area (TPSA) is 94.4 Å². The first kappa shape index (κ1) is 20.6. The fourth-order valence-electron chi connectivity index (χ4n) is 3.63. The van der Waals surface area contributed by atoms with E-state index in [1.54, 1.807) is 37.5 Å². The monoisotopic (exact) mass is 422 g/mol. The average molecular weight is 422 g/mol. The van der Waals surface area contributed by atoms with E-state index in [4.69, 9.17) is 9.47 Å². The molecule has 2 aromatic heterocycles. The summed E-state index contributed by atoms with van der Waals surface area (Å²) in [6.45, 7) is 4.64. The van der Waals surface area contributed by atoms with Crippen molar-refractivity contribution in [2.24, 2.45) is 0 Å². The molecule has 1 aromatic carbocycles. The zero-order chi connectivity index (χ0) is 22.0. The summed E-state index contributed by atoms with van der Waals surface area (Å²) in [5.41, 5.74) is 1.77. The Labute approximate surface area is 181 Å². The second-order valence-electron chi connectivity index (χ2n) is 7.48. The molecule has 31 heavy (non-hydrogen) atoms. The molecule has 1 aliphatic rings. The SMILES string of the molecule is COc1ccc(C(C)NC(=O)C2CCN2c2cc(C)nc(-n3ccnc3)n2)cc1OC. The van der Waals surface area contributed by atoms with Crippen molar-refractivity contribution < 1.29 is 14.3 Å². The van der Waals surface area contributed by atoms with E-state index < -0.39 is 0 Å². The maximum absolute atomic E-state index is 13.0. The summed E-state index contributed by atoms with van der Waals surface area (Å²) < 4.78 is 12.4. The standard InChI is InChI=1S/C22H26N6O3/c1-14-11-20(26-22(24-14)27-10-8-23-13-27)28-9-7-17(28)21(29)25-15(2)16-5-6-18(30-3)19(12-16)31-4/h5-6,8,10-13,15,17H,7,9H2,1-4H3,(H,25,29). The maximum atomic E-state index is 13.0. The van der Waals surface area contributed by atoms with Crippen molar-refractivity contribution in [3.63, 3.8) is 0 Å². The van der Waals surface area contributed by atoms with Crippen LogP contribution in [0.5, 0.6) is 11.5 Å². The van der Waals surface area contributed by atoms with Gasteiger partial charge in [-0.3, -0.25) is 9.36 Å². The summed E-state index contributed by atoms with van der Waals surface area (Å²) in [5.74, 6) is 2.53. The van der Waals surface area contributed by atoms with Crippen LogP contribution in [0.4, 0.5) is 5.82 Å². The quantitative estimate of drug-likeness (QED) is 0.625. The van der Waals surface area contributed by atoms with E-state index in [1.165, 1.54) is 0 Å². The van der Waals surface area contributed by atoms with Crippen molar-refractivity contribution in [1.82, 2.24) is 24.8 Å². The highest BCUT2D eigenvalue weighted by atomic mass is 16.5. The van der Waals surface area contributed by atoms with Crippen molar-refractivity contribution in [1.29, 1.82) is 0 Å². The number of aryl methyl sites for hydroxylation is 1. The number of nitrogens with one attached hydrogen (secondary N) is 1. The molecule has 0 bridgehead atoms. The summed E-state index contributed by atoms with van der Waals surface area (Å²) in [4.78, 5) is 28.2. The molecule has 1 fully saturated rings. The smallest absolute Gasteiger partial charge is 0.243 e. The Balaban J connectivity index is 1.48. The van der Waals surface area contributed by atoms with Gasteiger partial charge < -0.3 is 19.7 Å². The Hall–Kier alpha value is -3.62. The van der Waals surface area contributed by atoms with Gasteiger partial charge in [0.1, 0.15) is 18.2 Å². The van der Waals surface area contributed by atoms with E-state index in [0.717, 1.165) is 30.0 Å². The summed E-state index contributed by atoms with van der Waals surface area (Å²) in [5, 5.41) is 3.11. The molecule has 9 nitrogen and oxygen atoms in total. The van der Waals surface area contributed by atoms with Gasteiger partial charge >= 0.3 is 0 Å². The van der Waals surface area contributed by atoms with Gasteiger partial charge in [-0.15, -0.1) is 0 Å². The molecule has 0 saturated carbocycles. The molecule has 2 atom stereocenters. The van der Waals surface area contributed by atoms with Crippen LogP contribution in [0.3, 0.4) is 0 Å². The summed E-state index contributed by atoms with van der Waals surface area (Å²) in [7, 11) is 3.19. The first-order chi connectivity index (χ1) is 15.0. The van der Waals surface area contributed by atoms with Crippen LogP contribution in [0, 0.1) is 6.92 Å². The minimum absolute atomic E-state index is 0.0334. The molecule has 3 heterocycles. The van der Waals surface area contributed by atoms with Gasteiger partial charge in [0, 0.05) is 30.7 Å². The third-order valence-corrected chi connectivity index (χ3v) is 5.45. The van der Waals surface area contributed by atoms with Crippen LogP contribution in [-0.4, -0.2) is 52.2 Å². The number of anilines is 1. The van der Waals surface area contributed by atoms with Crippen molar-refractivity contribution in [3.05, 3.63) is 54.2 Å². The highest BCUT2D eigenvalue weighted by molar-refractivity contribution is 5.87. The summed E-state index contributed by atoms with van der Waals surface area (Å²) >= 11 is 0. The van der Waals surface area contributed by atoms with E-state index in [2.05, 4.69) is 20.3 Å². The number of imidazole rings is 1. The highest BCUT2D eigenvalue weighted by Gasteiger charge is 2.36. The average Bonchev–Trinajstić information content (AvgIpc) is 3.27. The fraction of sp³-hybridized carbons (Fsp3) is 0.364. The van der Waals surface area contributed by atoms with Crippen LogP contribution < -0.4 is 19.7 Å². The highest BCUT2D eigenvalue weighted by Crippen LogP contribution is 2.31. The Morgan fingerprint density at radius 2 is 2.00 bits per heavy atom. The fourth-order valence-corrected chi connectivity index (χ4v) is 3.63. The van der Waals surface area contributed by atoms with Gasteiger partial charge in [0.25, 0.3) is 0 Å².